The van der Waals surface area contributed by atoms with Crippen LogP contribution >= 0.6 is 11.3 Å². The van der Waals surface area contributed by atoms with Crippen molar-refractivity contribution in [3.05, 3.63) is 74.6 Å². The predicted molar refractivity (Wildman–Crippen MR) is 96.7 cm³/mol. The summed E-state index contributed by atoms with van der Waals surface area (Å²) in [6.07, 6.45) is 0.853. The molecule has 0 unspecified atom stereocenters. The molecule has 0 bridgehead atoms. The number of nitrogens with zero attached hydrogens (tertiary/aromatic N) is 1. The molecule has 0 N–H and O–H groups in total. The van der Waals surface area contributed by atoms with Crippen molar-refractivity contribution in [3.8, 4) is 21.6 Å². The van der Waals surface area contributed by atoms with E-state index in [-0.39, 0.29) is 5.69 Å². The molecule has 3 aromatic rings. The quantitative estimate of drug-likeness (QED) is 0.363. The fourth-order valence-corrected chi connectivity index (χ4v) is 3.86. The summed E-state index contributed by atoms with van der Waals surface area (Å²) < 4.78 is 0. The van der Waals surface area contributed by atoms with Crippen LogP contribution in [0.1, 0.15) is 20.8 Å². The van der Waals surface area contributed by atoms with Crippen molar-refractivity contribution in [1.82, 2.24) is 0 Å². The van der Waals surface area contributed by atoms with Gasteiger partial charge in [-0.15, -0.1) is 11.3 Å². The first-order valence-electron chi connectivity index (χ1n) is 7.41. The number of nitro groups is 1. The molecule has 1 aromatic heterocycles. The molecule has 0 amide bonds. The maximum Gasteiger partial charge on any atom is 0.269 e. The summed E-state index contributed by atoms with van der Waals surface area (Å²) in [6, 6.07) is 14.5. The third-order valence-electron chi connectivity index (χ3n) is 3.96. The molecule has 120 valence electrons. The van der Waals surface area contributed by atoms with Crippen LogP contribution in [0.15, 0.2) is 48.5 Å². The molecule has 0 radical (unpaired) electrons. The number of rotatable bonds is 4. The molecule has 3 rings (SSSR count). The number of nitro benzene ring substituents is 1. The lowest BCUT2D eigenvalue weighted by molar-refractivity contribution is -0.384. The van der Waals surface area contributed by atoms with Crippen LogP contribution in [0.5, 0.6) is 0 Å². The number of aldehydes is 1. The molecular formula is C19H15NO3S. The Morgan fingerprint density at radius 1 is 0.958 bits per heavy atom. The van der Waals surface area contributed by atoms with Crippen LogP contribution in [0, 0.1) is 24.0 Å². The van der Waals surface area contributed by atoms with Crippen molar-refractivity contribution in [2.75, 3.05) is 0 Å². The third-order valence-corrected chi connectivity index (χ3v) is 5.23. The summed E-state index contributed by atoms with van der Waals surface area (Å²) in [6.45, 7) is 4.01. The molecule has 0 aliphatic rings. The highest BCUT2D eigenvalue weighted by Crippen LogP contribution is 2.41. The molecule has 0 aliphatic carbocycles. The number of non-ortho nitro benzene ring substituents is 1. The molecule has 0 spiro atoms. The second-order valence-corrected chi connectivity index (χ2v) is 6.64. The van der Waals surface area contributed by atoms with Crippen LogP contribution in [0.25, 0.3) is 21.6 Å². The van der Waals surface area contributed by atoms with Gasteiger partial charge in [-0.05, 0) is 42.7 Å². The maximum absolute atomic E-state index is 11.5. The summed E-state index contributed by atoms with van der Waals surface area (Å²) in [4.78, 5) is 23.6. The molecule has 1 heterocycles. The first kappa shape index (κ1) is 16.1. The summed E-state index contributed by atoms with van der Waals surface area (Å²) in [5, 5.41) is 10.8. The number of carbonyl (C=O) groups excluding carboxylic acids is 1. The standard InChI is InChI=1S/C19H15NO3S/c1-12-3-5-15(6-4-12)19-13(2)18(17(11-21)24-19)14-7-9-16(10-8-14)20(22)23/h3-11H,1-2H3. The van der Waals surface area contributed by atoms with Crippen molar-refractivity contribution < 1.29 is 9.72 Å². The van der Waals surface area contributed by atoms with Crippen molar-refractivity contribution in [2.24, 2.45) is 0 Å². The zero-order valence-electron chi connectivity index (χ0n) is 13.3. The lowest BCUT2D eigenvalue weighted by Gasteiger charge is -2.04. The summed E-state index contributed by atoms with van der Waals surface area (Å²) in [5.74, 6) is 0. The molecule has 5 heteroatoms. The Hall–Kier alpha value is -2.79. The monoisotopic (exact) mass is 337 g/mol. The predicted octanol–water partition coefficient (Wildman–Crippen LogP) is 5.42. The molecule has 0 atom stereocenters. The van der Waals surface area contributed by atoms with E-state index >= 15 is 0 Å². The molecule has 0 aliphatic heterocycles. The SMILES string of the molecule is Cc1ccc(-c2sc(C=O)c(-c3ccc([N+](=O)[O-])cc3)c2C)cc1. The Labute approximate surface area is 143 Å². The molecule has 0 saturated carbocycles. The van der Waals surface area contributed by atoms with Crippen LogP contribution < -0.4 is 0 Å². The molecule has 0 saturated heterocycles. The van der Waals surface area contributed by atoms with Crippen LogP contribution in [0.2, 0.25) is 0 Å². The van der Waals surface area contributed by atoms with Crippen molar-refractivity contribution >= 4 is 23.3 Å². The van der Waals surface area contributed by atoms with Gasteiger partial charge in [-0.25, -0.2) is 0 Å². The Morgan fingerprint density at radius 3 is 2.08 bits per heavy atom. The number of thiophene rings is 1. The van der Waals surface area contributed by atoms with E-state index in [1.54, 1.807) is 12.1 Å². The van der Waals surface area contributed by atoms with E-state index < -0.39 is 4.92 Å². The van der Waals surface area contributed by atoms with Gasteiger partial charge in [0, 0.05) is 22.6 Å². The minimum atomic E-state index is -0.428. The second-order valence-electron chi connectivity index (χ2n) is 5.58. The van der Waals surface area contributed by atoms with Gasteiger partial charge in [-0.2, -0.15) is 0 Å². The van der Waals surface area contributed by atoms with Gasteiger partial charge in [-0.3, -0.25) is 14.9 Å². The minimum absolute atomic E-state index is 0.0399. The summed E-state index contributed by atoms with van der Waals surface area (Å²) >= 11 is 1.45. The Kier molecular flexibility index (Phi) is 4.27. The van der Waals surface area contributed by atoms with Gasteiger partial charge in [0.2, 0.25) is 0 Å². The Bertz CT molecular complexity index is 909. The summed E-state index contributed by atoms with van der Waals surface area (Å²) in [5.41, 5.74) is 4.96. The largest absolute Gasteiger partial charge is 0.297 e. The molecular weight excluding hydrogens is 322 g/mol. The molecule has 4 nitrogen and oxygen atoms in total. The highest BCUT2D eigenvalue weighted by Gasteiger charge is 2.18. The Morgan fingerprint density at radius 2 is 1.54 bits per heavy atom. The lowest BCUT2D eigenvalue weighted by Crippen LogP contribution is -1.89. The summed E-state index contributed by atoms with van der Waals surface area (Å²) in [7, 11) is 0. The van der Waals surface area contributed by atoms with E-state index in [9.17, 15) is 14.9 Å². The number of aryl methyl sites for hydroxylation is 1. The smallest absolute Gasteiger partial charge is 0.269 e. The molecule has 0 fully saturated rings. The van der Waals surface area contributed by atoms with Gasteiger partial charge in [0.05, 0.1) is 9.80 Å². The number of benzene rings is 2. The van der Waals surface area contributed by atoms with E-state index in [1.807, 2.05) is 38.1 Å². The van der Waals surface area contributed by atoms with E-state index in [0.29, 0.717) is 4.88 Å². The second kappa shape index (κ2) is 6.37. The van der Waals surface area contributed by atoms with Gasteiger partial charge >= 0.3 is 0 Å². The Balaban J connectivity index is 2.12. The topological polar surface area (TPSA) is 60.2 Å². The highest BCUT2D eigenvalue weighted by atomic mass is 32.1. The van der Waals surface area contributed by atoms with Crippen molar-refractivity contribution in [2.45, 2.75) is 13.8 Å². The average Bonchev–Trinajstić information content (AvgIpc) is 2.92. The van der Waals surface area contributed by atoms with E-state index in [2.05, 4.69) is 0 Å². The lowest BCUT2D eigenvalue weighted by atomic mass is 9.99. The first-order chi connectivity index (χ1) is 11.5. The van der Waals surface area contributed by atoms with Crippen LogP contribution in [-0.2, 0) is 0 Å². The minimum Gasteiger partial charge on any atom is -0.297 e. The zero-order chi connectivity index (χ0) is 17.3. The van der Waals surface area contributed by atoms with E-state index in [4.69, 9.17) is 0 Å². The van der Waals surface area contributed by atoms with Gasteiger partial charge in [0.25, 0.3) is 5.69 Å². The van der Waals surface area contributed by atoms with Gasteiger partial charge in [0.15, 0.2) is 6.29 Å². The number of hydrogen-bond acceptors (Lipinski definition) is 4. The number of hydrogen-bond donors (Lipinski definition) is 0. The van der Waals surface area contributed by atoms with Crippen LogP contribution in [0.4, 0.5) is 5.69 Å². The van der Waals surface area contributed by atoms with E-state index in [0.717, 1.165) is 33.4 Å². The average molecular weight is 337 g/mol. The van der Waals surface area contributed by atoms with Crippen molar-refractivity contribution in [1.29, 1.82) is 0 Å². The fraction of sp³-hybridized carbons (Fsp3) is 0.105. The first-order valence-corrected chi connectivity index (χ1v) is 8.23. The molecule has 2 aromatic carbocycles. The van der Waals surface area contributed by atoms with Crippen molar-refractivity contribution in [3.63, 3.8) is 0 Å². The third kappa shape index (κ3) is 2.86. The highest BCUT2D eigenvalue weighted by molar-refractivity contribution is 7.17. The van der Waals surface area contributed by atoms with Gasteiger partial charge in [0.1, 0.15) is 0 Å². The van der Waals surface area contributed by atoms with Gasteiger partial charge in [-0.1, -0.05) is 29.8 Å². The van der Waals surface area contributed by atoms with Gasteiger partial charge < -0.3 is 0 Å². The fourth-order valence-electron chi connectivity index (χ4n) is 2.71. The van der Waals surface area contributed by atoms with E-state index in [1.165, 1.54) is 29.0 Å². The zero-order valence-corrected chi connectivity index (χ0v) is 14.1. The van der Waals surface area contributed by atoms with Crippen LogP contribution in [-0.4, -0.2) is 11.2 Å². The van der Waals surface area contributed by atoms with Crippen LogP contribution in [0.3, 0.4) is 0 Å². The number of carbonyl (C=O) groups is 1. The normalized spacial score (nSPS) is 10.6. The maximum atomic E-state index is 11.5. The molecule has 24 heavy (non-hydrogen) atoms.